The Morgan fingerprint density at radius 3 is 2.69 bits per heavy atom. The first-order valence-electron chi connectivity index (χ1n) is 9.29. The van der Waals surface area contributed by atoms with Crippen LogP contribution in [0.3, 0.4) is 0 Å². The highest BCUT2D eigenvalue weighted by Gasteiger charge is 2.34. The summed E-state index contributed by atoms with van der Waals surface area (Å²) < 4.78 is 0. The highest BCUT2D eigenvalue weighted by atomic mass is 16.2. The zero-order valence-electron chi connectivity index (χ0n) is 15.8. The maximum absolute atomic E-state index is 12.8. The van der Waals surface area contributed by atoms with Crippen LogP contribution in [-0.2, 0) is 16.6 Å². The summed E-state index contributed by atoms with van der Waals surface area (Å²) in [6.45, 7) is 7.53. The first-order chi connectivity index (χ1) is 12.4. The fourth-order valence-electron chi connectivity index (χ4n) is 4.04. The van der Waals surface area contributed by atoms with Gasteiger partial charge in [0.25, 0.3) is 0 Å². The Balaban J connectivity index is 1.68. The van der Waals surface area contributed by atoms with Gasteiger partial charge in [-0.05, 0) is 44.2 Å². The molecule has 0 aliphatic carbocycles. The summed E-state index contributed by atoms with van der Waals surface area (Å²) >= 11 is 0. The van der Waals surface area contributed by atoms with Gasteiger partial charge in [-0.1, -0.05) is 37.3 Å². The van der Waals surface area contributed by atoms with Crippen molar-refractivity contribution < 1.29 is 4.79 Å². The second kappa shape index (κ2) is 7.44. The molecule has 3 rings (SSSR count). The summed E-state index contributed by atoms with van der Waals surface area (Å²) in [4.78, 5) is 32.9. The molecule has 0 saturated carbocycles. The molecule has 2 heterocycles. The Kier molecular flexibility index (Phi) is 5.25. The summed E-state index contributed by atoms with van der Waals surface area (Å²) in [5.74, 6) is 0.178. The number of amides is 1. The number of carbonyl (C=O) groups excluding carboxylic acids is 1. The van der Waals surface area contributed by atoms with Crippen LogP contribution < -0.4 is 5.69 Å². The fraction of sp³-hybridized carbons (Fsp3) is 0.476. The van der Waals surface area contributed by atoms with Crippen molar-refractivity contribution in [2.75, 3.05) is 13.1 Å². The number of aromatic nitrogens is 2. The van der Waals surface area contributed by atoms with Crippen LogP contribution in [0.5, 0.6) is 0 Å². The van der Waals surface area contributed by atoms with E-state index >= 15 is 0 Å². The van der Waals surface area contributed by atoms with Gasteiger partial charge in [-0.25, -0.2) is 4.79 Å². The number of carbonyl (C=O) groups is 1. The number of aromatic amines is 1. The number of rotatable bonds is 4. The normalized spacial score (nSPS) is 20.2. The third-order valence-electron chi connectivity index (χ3n) is 5.56. The molecule has 1 saturated heterocycles. The first kappa shape index (κ1) is 18.4. The van der Waals surface area contributed by atoms with Crippen molar-refractivity contribution in [1.82, 2.24) is 14.9 Å². The van der Waals surface area contributed by atoms with Crippen LogP contribution >= 0.6 is 0 Å². The predicted molar refractivity (Wildman–Crippen MR) is 102 cm³/mol. The van der Waals surface area contributed by atoms with E-state index < -0.39 is 0 Å². The molecule has 1 atom stereocenters. The minimum absolute atomic E-state index is 0.0144. The van der Waals surface area contributed by atoms with Gasteiger partial charge in [0.05, 0.1) is 0 Å². The third kappa shape index (κ3) is 3.87. The largest absolute Gasteiger partial charge is 0.345 e. The van der Waals surface area contributed by atoms with Crippen LogP contribution in [0.2, 0.25) is 0 Å². The molecular weight excluding hydrogens is 326 g/mol. The molecule has 1 fully saturated rings. The average Bonchev–Trinajstić information content (AvgIpc) is 2.61. The maximum atomic E-state index is 12.8. The number of aryl methyl sites for hydroxylation is 2. The summed E-state index contributed by atoms with van der Waals surface area (Å²) in [5.41, 5.74) is 3.48. The number of nitrogens with one attached hydrogen (secondary N) is 1. The van der Waals surface area contributed by atoms with Crippen LogP contribution in [0.25, 0.3) is 0 Å². The zero-order chi connectivity index (χ0) is 18.7. The van der Waals surface area contributed by atoms with E-state index in [-0.39, 0.29) is 17.0 Å². The molecule has 1 aromatic carbocycles. The molecule has 0 unspecified atom stereocenters. The second-order valence-corrected chi connectivity index (χ2v) is 7.58. The average molecular weight is 353 g/mol. The van der Waals surface area contributed by atoms with Crippen molar-refractivity contribution >= 4 is 5.91 Å². The van der Waals surface area contributed by atoms with E-state index in [2.05, 4.69) is 41.2 Å². The van der Waals surface area contributed by atoms with Gasteiger partial charge in [-0.2, -0.15) is 4.98 Å². The monoisotopic (exact) mass is 353 g/mol. The molecule has 1 amide bonds. The van der Waals surface area contributed by atoms with Crippen molar-refractivity contribution in [3.63, 3.8) is 0 Å². The Morgan fingerprint density at radius 1 is 1.27 bits per heavy atom. The summed E-state index contributed by atoms with van der Waals surface area (Å²) in [6, 6.07) is 10.5. The van der Waals surface area contributed by atoms with Gasteiger partial charge in [-0.15, -0.1) is 0 Å². The van der Waals surface area contributed by atoms with E-state index in [9.17, 15) is 9.59 Å². The SMILES string of the molecule is Cc1nc(=O)[nH]c(C)c1CCC(=O)N1CCC[C@@](C)(c2ccccc2)C1. The lowest BCUT2D eigenvalue weighted by Gasteiger charge is -2.41. The van der Waals surface area contributed by atoms with Crippen molar-refractivity contribution in [2.45, 2.75) is 51.9 Å². The Bertz CT molecular complexity index is 818. The summed E-state index contributed by atoms with van der Waals surface area (Å²) in [5, 5.41) is 0. The van der Waals surface area contributed by atoms with Gasteiger partial charge in [0, 0.05) is 36.3 Å². The Hall–Kier alpha value is -2.43. The van der Waals surface area contributed by atoms with Gasteiger partial charge in [-0.3, -0.25) is 4.79 Å². The van der Waals surface area contributed by atoms with Gasteiger partial charge in [0.15, 0.2) is 0 Å². The highest BCUT2D eigenvalue weighted by molar-refractivity contribution is 5.76. The molecule has 1 N–H and O–H groups in total. The van der Waals surface area contributed by atoms with E-state index in [0.29, 0.717) is 18.5 Å². The van der Waals surface area contributed by atoms with Crippen LogP contribution in [0.1, 0.15) is 48.7 Å². The van der Waals surface area contributed by atoms with Crippen LogP contribution in [-0.4, -0.2) is 33.9 Å². The molecule has 5 heteroatoms. The molecular formula is C21H27N3O2. The topological polar surface area (TPSA) is 66.1 Å². The zero-order valence-corrected chi connectivity index (χ0v) is 15.8. The van der Waals surface area contributed by atoms with E-state index in [4.69, 9.17) is 0 Å². The lowest BCUT2D eigenvalue weighted by atomic mass is 9.76. The van der Waals surface area contributed by atoms with Crippen molar-refractivity contribution in [3.8, 4) is 0 Å². The summed E-state index contributed by atoms with van der Waals surface area (Å²) in [7, 11) is 0. The highest BCUT2D eigenvalue weighted by Crippen LogP contribution is 2.33. The third-order valence-corrected chi connectivity index (χ3v) is 5.56. The number of likely N-dealkylation sites (tertiary alicyclic amines) is 1. The molecule has 0 bridgehead atoms. The van der Waals surface area contributed by atoms with Crippen LogP contribution in [0.4, 0.5) is 0 Å². The minimum Gasteiger partial charge on any atom is -0.342 e. The van der Waals surface area contributed by atoms with E-state index in [1.807, 2.05) is 24.8 Å². The van der Waals surface area contributed by atoms with Crippen LogP contribution in [0.15, 0.2) is 35.1 Å². The molecule has 2 aromatic rings. The molecule has 26 heavy (non-hydrogen) atoms. The molecule has 138 valence electrons. The quantitative estimate of drug-likeness (QED) is 0.919. The van der Waals surface area contributed by atoms with E-state index in [1.54, 1.807) is 0 Å². The van der Waals surface area contributed by atoms with E-state index in [1.165, 1.54) is 5.56 Å². The number of hydrogen-bond donors (Lipinski definition) is 1. The molecule has 5 nitrogen and oxygen atoms in total. The molecule has 0 spiro atoms. The molecule has 1 aliphatic rings. The molecule has 1 aliphatic heterocycles. The molecule has 0 radical (unpaired) electrons. The Morgan fingerprint density at radius 2 is 2.00 bits per heavy atom. The van der Waals surface area contributed by atoms with Gasteiger partial charge in [0.1, 0.15) is 0 Å². The maximum Gasteiger partial charge on any atom is 0.345 e. The standard InChI is InChI=1S/C21H27N3O2/c1-15-18(16(2)23-20(26)22-15)10-11-19(25)24-13-7-12-21(3,14-24)17-8-5-4-6-9-17/h4-6,8-9H,7,10-14H2,1-3H3,(H,22,23,26)/t21-/m1/s1. The predicted octanol–water partition coefficient (Wildman–Crippen LogP) is 2.90. The lowest BCUT2D eigenvalue weighted by molar-refractivity contribution is -0.133. The number of piperidine rings is 1. The van der Waals surface area contributed by atoms with Gasteiger partial charge in [0.2, 0.25) is 5.91 Å². The van der Waals surface area contributed by atoms with Gasteiger partial charge >= 0.3 is 5.69 Å². The first-order valence-corrected chi connectivity index (χ1v) is 9.29. The second-order valence-electron chi connectivity index (χ2n) is 7.58. The number of benzene rings is 1. The van der Waals surface area contributed by atoms with Crippen molar-refractivity contribution in [3.05, 3.63) is 63.3 Å². The number of hydrogen-bond acceptors (Lipinski definition) is 3. The van der Waals surface area contributed by atoms with Gasteiger partial charge < -0.3 is 9.88 Å². The fourth-order valence-corrected chi connectivity index (χ4v) is 4.04. The van der Waals surface area contributed by atoms with Crippen molar-refractivity contribution in [1.29, 1.82) is 0 Å². The lowest BCUT2D eigenvalue weighted by Crippen LogP contribution is -2.47. The van der Waals surface area contributed by atoms with Crippen LogP contribution in [0, 0.1) is 13.8 Å². The summed E-state index contributed by atoms with van der Waals surface area (Å²) in [6.07, 6.45) is 3.18. The smallest absolute Gasteiger partial charge is 0.342 e. The number of nitrogens with zero attached hydrogens (tertiary/aromatic N) is 2. The number of H-pyrrole nitrogens is 1. The van der Waals surface area contributed by atoms with Crippen molar-refractivity contribution in [2.24, 2.45) is 0 Å². The Labute approximate surface area is 154 Å². The van der Waals surface area contributed by atoms with E-state index in [0.717, 1.165) is 37.2 Å². The molecule has 1 aromatic heterocycles. The minimum atomic E-state index is -0.329.